The Balaban J connectivity index is 1.81. The van der Waals surface area contributed by atoms with Crippen molar-refractivity contribution in [2.45, 2.75) is 90.1 Å². The first-order valence-electron chi connectivity index (χ1n) is 11.4. The third-order valence-electron chi connectivity index (χ3n) is 6.45. The molecule has 1 aromatic carbocycles. The molecule has 1 aromatic rings. The van der Waals surface area contributed by atoms with Crippen molar-refractivity contribution in [1.82, 2.24) is 9.21 Å². The van der Waals surface area contributed by atoms with Crippen molar-refractivity contribution in [2.75, 3.05) is 19.6 Å². The molecule has 0 N–H and O–H groups in total. The molecule has 10 heteroatoms. The Labute approximate surface area is 198 Å². The van der Waals surface area contributed by atoms with E-state index >= 15 is 0 Å². The monoisotopic (exact) mass is 480 g/mol. The minimum Gasteiger partial charge on any atom is -0.444 e. The highest BCUT2D eigenvalue weighted by Crippen LogP contribution is 2.36. The lowest BCUT2D eigenvalue weighted by molar-refractivity contribution is 0.00578. The van der Waals surface area contributed by atoms with Crippen LogP contribution in [0.15, 0.2) is 23.1 Å². The van der Waals surface area contributed by atoms with E-state index in [-0.39, 0.29) is 30.6 Å². The molecule has 2 aliphatic rings. The average Bonchev–Trinajstić information content (AvgIpc) is 2.87. The highest BCUT2D eigenvalue weighted by atomic mass is 32.2. The number of rotatable bonds is 3. The zero-order chi connectivity index (χ0) is 25.0. The summed E-state index contributed by atoms with van der Waals surface area (Å²) in [5.74, 6) is 0. The third-order valence-corrected chi connectivity index (χ3v) is 8.30. The van der Waals surface area contributed by atoms with Gasteiger partial charge in [-0.05, 0) is 79.9 Å². The van der Waals surface area contributed by atoms with Gasteiger partial charge >= 0.3 is 13.2 Å². The van der Waals surface area contributed by atoms with Gasteiger partial charge in [0.1, 0.15) is 5.60 Å². The number of ether oxygens (including phenoxy) is 1. The van der Waals surface area contributed by atoms with Crippen molar-refractivity contribution in [1.29, 1.82) is 0 Å². The first-order chi connectivity index (χ1) is 14.9. The lowest BCUT2D eigenvalue weighted by Crippen LogP contribution is -2.56. The van der Waals surface area contributed by atoms with Crippen molar-refractivity contribution in [2.24, 2.45) is 0 Å². The summed E-state index contributed by atoms with van der Waals surface area (Å²) in [5, 5.41) is 0. The van der Waals surface area contributed by atoms with Crippen LogP contribution in [0, 0.1) is 6.92 Å². The van der Waals surface area contributed by atoms with E-state index in [9.17, 15) is 13.2 Å². The van der Waals surface area contributed by atoms with Crippen molar-refractivity contribution < 1.29 is 27.3 Å². The zero-order valence-electron chi connectivity index (χ0n) is 21.3. The summed E-state index contributed by atoms with van der Waals surface area (Å²) in [4.78, 5) is 14.3. The number of carbonyl (C=O) groups excluding carboxylic acids is 1. The molecule has 184 valence electrons. The maximum atomic E-state index is 13.5. The van der Waals surface area contributed by atoms with Gasteiger partial charge in [-0.15, -0.1) is 0 Å². The van der Waals surface area contributed by atoms with Crippen molar-refractivity contribution in [3.8, 4) is 0 Å². The van der Waals surface area contributed by atoms with Crippen molar-refractivity contribution in [3.05, 3.63) is 23.8 Å². The lowest BCUT2D eigenvalue weighted by atomic mass is 9.78. The van der Waals surface area contributed by atoms with Gasteiger partial charge in [0.25, 0.3) is 0 Å². The number of aryl methyl sites for hydroxylation is 1. The highest BCUT2D eigenvalue weighted by molar-refractivity contribution is 7.89. The van der Waals surface area contributed by atoms with Gasteiger partial charge in [0, 0.05) is 25.7 Å². The quantitative estimate of drug-likeness (QED) is 0.619. The average molecular weight is 480 g/mol. The van der Waals surface area contributed by atoms with Gasteiger partial charge in [-0.3, -0.25) is 0 Å². The fourth-order valence-electron chi connectivity index (χ4n) is 3.92. The van der Waals surface area contributed by atoms with E-state index in [1.807, 2.05) is 68.4 Å². The Morgan fingerprint density at radius 1 is 1.09 bits per heavy atom. The van der Waals surface area contributed by atoms with E-state index in [1.165, 1.54) is 4.31 Å². The number of amides is 1. The Bertz CT molecular complexity index is 1000. The van der Waals surface area contributed by atoms with Crippen LogP contribution in [-0.4, -0.2) is 73.3 Å². The number of piperazine rings is 1. The highest BCUT2D eigenvalue weighted by Gasteiger charge is 2.52. The SMILES string of the molecule is Cc1cc(B2OC(C)(C)C(C)(C)O2)cc(S(=O)(=O)N2CCN(C(=O)OC(C)(C)C)C(C)C2)c1. The third kappa shape index (κ3) is 5.39. The molecule has 2 fully saturated rings. The van der Waals surface area contributed by atoms with E-state index in [2.05, 4.69) is 0 Å². The van der Waals surface area contributed by atoms with Crippen LogP contribution in [0.4, 0.5) is 4.79 Å². The Kier molecular flexibility index (Phi) is 6.74. The molecule has 1 amide bonds. The van der Waals surface area contributed by atoms with Gasteiger partial charge in [-0.2, -0.15) is 4.31 Å². The molecule has 1 unspecified atom stereocenters. The van der Waals surface area contributed by atoms with Crippen LogP contribution < -0.4 is 5.46 Å². The molecule has 3 rings (SSSR count). The fraction of sp³-hybridized carbons (Fsp3) is 0.696. The summed E-state index contributed by atoms with van der Waals surface area (Å²) in [6.07, 6.45) is -0.425. The van der Waals surface area contributed by atoms with Crippen LogP contribution in [0.1, 0.15) is 61.0 Å². The van der Waals surface area contributed by atoms with Gasteiger partial charge in [-0.1, -0.05) is 11.6 Å². The number of hydrogen-bond donors (Lipinski definition) is 0. The molecule has 33 heavy (non-hydrogen) atoms. The van der Waals surface area contributed by atoms with Gasteiger partial charge in [0.15, 0.2) is 0 Å². The minimum atomic E-state index is -3.77. The van der Waals surface area contributed by atoms with Crippen LogP contribution in [0.5, 0.6) is 0 Å². The second-order valence-electron chi connectivity index (χ2n) is 11.1. The van der Waals surface area contributed by atoms with Crippen molar-refractivity contribution in [3.63, 3.8) is 0 Å². The number of hydrogen-bond acceptors (Lipinski definition) is 6. The van der Waals surface area contributed by atoms with Crippen molar-refractivity contribution >= 4 is 28.7 Å². The largest absolute Gasteiger partial charge is 0.494 e. The molecule has 2 saturated heterocycles. The topological polar surface area (TPSA) is 85.4 Å². The number of sulfonamides is 1. The van der Waals surface area contributed by atoms with Gasteiger partial charge in [-0.25, -0.2) is 13.2 Å². The molecule has 2 heterocycles. The van der Waals surface area contributed by atoms with E-state index in [0.717, 1.165) is 5.56 Å². The molecule has 0 saturated carbocycles. The number of nitrogens with zero attached hydrogens (tertiary/aromatic N) is 2. The van der Waals surface area contributed by atoms with Crippen LogP contribution in [0.2, 0.25) is 0 Å². The predicted molar refractivity (Wildman–Crippen MR) is 128 cm³/mol. The second-order valence-corrected chi connectivity index (χ2v) is 13.0. The Morgan fingerprint density at radius 3 is 2.18 bits per heavy atom. The van der Waals surface area contributed by atoms with Gasteiger partial charge < -0.3 is 18.9 Å². The summed E-state index contributed by atoms with van der Waals surface area (Å²) >= 11 is 0. The molecular formula is C23H37BN2O6S. The van der Waals surface area contributed by atoms with E-state index < -0.39 is 40.0 Å². The zero-order valence-corrected chi connectivity index (χ0v) is 22.1. The number of carbonyl (C=O) groups is 1. The molecule has 8 nitrogen and oxygen atoms in total. The molecule has 1 atom stereocenters. The molecule has 0 spiro atoms. The van der Waals surface area contributed by atoms with Crippen LogP contribution in [0.25, 0.3) is 0 Å². The first kappa shape index (κ1) is 26.0. The van der Waals surface area contributed by atoms with Gasteiger partial charge in [0.05, 0.1) is 16.1 Å². The molecule has 0 aromatic heterocycles. The molecule has 0 radical (unpaired) electrons. The summed E-state index contributed by atoms with van der Waals surface area (Å²) < 4.78 is 46.2. The van der Waals surface area contributed by atoms with E-state index in [0.29, 0.717) is 5.46 Å². The molecule has 2 aliphatic heterocycles. The fourth-order valence-corrected chi connectivity index (χ4v) is 5.58. The summed E-state index contributed by atoms with van der Waals surface area (Å²) in [6.45, 7) is 17.6. The standard InChI is InChI=1S/C23H37BN2O6S/c1-16-12-18(24-31-22(6,7)23(8,9)32-24)14-19(13-16)33(28,29)25-10-11-26(17(2)15-25)20(27)30-21(3,4)5/h12-14,17H,10-11,15H2,1-9H3. The summed E-state index contributed by atoms with van der Waals surface area (Å²) in [6, 6.07) is 4.88. The number of benzene rings is 1. The normalized spacial score (nSPS) is 23.6. The smallest absolute Gasteiger partial charge is 0.444 e. The maximum Gasteiger partial charge on any atom is 0.494 e. The van der Waals surface area contributed by atoms with E-state index in [1.54, 1.807) is 17.0 Å². The van der Waals surface area contributed by atoms with E-state index in [4.69, 9.17) is 14.0 Å². The minimum absolute atomic E-state index is 0.196. The van der Waals surface area contributed by atoms with Crippen LogP contribution in [0.3, 0.4) is 0 Å². The van der Waals surface area contributed by atoms with Gasteiger partial charge in [0.2, 0.25) is 10.0 Å². The molecule has 0 aliphatic carbocycles. The molecule has 0 bridgehead atoms. The van der Waals surface area contributed by atoms with Crippen LogP contribution >= 0.6 is 0 Å². The Morgan fingerprint density at radius 2 is 1.67 bits per heavy atom. The summed E-state index contributed by atoms with van der Waals surface area (Å²) in [5.41, 5.74) is -0.165. The predicted octanol–water partition coefficient (Wildman–Crippen LogP) is 2.92. The first-order valence-corrected chi connectivity index (χ1v) is 12.8. The Hall–Kier alpha value is -1.62. The summed E-state index contributed by atoms with van der Waals surface area (Å²) in [7, 11) is -4.41. The van der Waals surface area contributed by atoms with Crippen LogP contribution in [-0.2, 0) is 24.1 Å². The molecular weight excluding hydrogens is 443 g/mol. The lowest BCUT2D eigenvalue weighted by Gasteiger charge is -2.39. The second kappa shape index (κ2) is 8.55. The maximum absolute atomic E-state index is 13.5.